The maximum atomic E-state index is 12.5. The summed E-state index contributed by atoms with van der Waals surface area (Å²) in [5, 5.41) is 0. The molecule has 22 heavy (non-hydrogen) atoms. The Bertz CT molecular complexity index is 601. The van der Waals surface area contributed by atoms with Gasteiger partial charge in [-0.2, -0.15) is 0 Å². The standard InChI is InChI=1S/C17H21BrN2OS/c1-17(2,3)22(21)20-16(9-13-7-5-4-6-8-13)14-10-15(18)12-19-11-14/h4-8,10-12,16,20H,9H2,1-3H3/t16?,22-/m0/s1. The zero-order valence-electron chi connectivity index (χ0n) is 13.0. The molecular weight excluding hydrogens is 360 g/mol. The maximum Gasteiger partial charge on any atom is 0.136 e. The summed E-state index contributed by atoms with van der Waals surface area (Å²) < 4.78 is 16.4. The van der Waals surface area contributed by atoms with Gasteiger partial charge in [-0.25, -0.2) is 0 Å². The van der Waals surface area contributed by atoms with E-state index in [0.29, 0.717) is 0 Å². The third-order valence-electron chi connectivity index (χ3n) is 3.22. The molecule has 1 N–H and O–H groups in total. The van der Waals surface area contributed by atoms with Crippen molar-refractivity contribution in [3.05, 3.63) is 64.4 Å². The number of pyridine rings is 1. The van der Waals surface area contributed by atoms with Gasteiger partial charge in [-0.15, -0.1) is 4.72 Å². The van der Waals surface area contributed by atoms with E-state index < -0.39 is 11.4 Å². The molecule has 5 heteroatoms. The second-order valence-corrected chi connectivity index (χ2v) is 9.09. The Labute approximate surface area is 144 Å². The number of rotatable bonds is 5. The summed E-state index contributed by atoms with van der Waals surface area (Å²) in [4.78, 5) is 4.23. The van der Waals surface area contributed by atoms with E-state index in [1.807, 2.05) is 51.2 Å². The number of nitrogens with one attached hydrogen (secondary N) is 1. The van der Waals surface area contributed by atoms with Crippen LogP contribution in [0.5, 0.6) is 0 Å². The van der Waals surface area contributed by atoms with Crippen molar-refractivity contribution < 1.29 is 4.55 Å². The van der Waals surface area contributed by atoms with Crippen molar-refractivity contribution in [2.45, 2.75) is 38.0 Å². The Kier molecular flexibility index (Phi) is 6.03. The Morgan fingerprint density at radius 2 is 1.91 bits per heavy atom. The van der Waals surface area contributed by atoms with Crippen molar-refractivity contribution in [1.29, 1.82) is 0 Å². The molecule has 118 valence electrons. The maximum absolute atomic E-state index is 12.5. The first-order chi connectivity index (χ1) is 10.4. The van der Waals surface area contributed by atoms with Gasteiger partial charge in [0.25, 0.3) is 0 Å². The van der Waals surface area contributed by atoms with Gasteiger partial charge in [0, 0.05) is 28.2 Å². The molecule has 0 radical (unpaired) electrons. The Hall–Kier alpha value is -0.880. The highest BCUT2D eigenvalue weighted by atomic mass is 79.9. The molecule has 1 aromatic heterocycles. The zero-order valence-corrected chi connectivity index (χ0v) is 15.4. The molecule has 0 spiro atoms. The topological polar surface area (TPSA) is 48.0 Å². The summed E-state index contributed by atoms with van der Waals surface area (Å²) in [5.41, 5.74) is 2.22. The average molecular weight is 381 g/mol. The van der Waals surface area contributed by atoms with Crippen LogP contribution in [0, 0.1) is 0 Å². The SMILES string of the molecule is CC(C)(C)[S@+]([O-])NC(Cc1ccccc1)c1cncc(Br)c1. The molecule has 2 atom stereocenters. The fourth-order valence-corrected chi connectivity index (χ4v) is 3.22. The Balaban J connectivity index is 2.24. The lowest BCUT2D eigenvalue weighted by molar-refractivity contribution is 0.521. The number of hydrogen-bond acceptors (Lipinski definition) is 3. The van der Waals surface area contributed by atoms with E-state index in [9.17, 15) is 4.55 Å². The second-order valence-electron chi connectivity index (χ2n) is 6.18. The first-order valence-corrected chi connectivity index (χ1v) is 9.13. The lowest BCUT2D eigenvalue weighted by Crippen LogP contribution is -2.41. The minimum atomic E-state index is -1.14. The van der Waals surface area contributed by atoms with Crippen molar-refractivity contribution in [3.63, 3.8) is 0 Å². The summed E-state index contributed by atoms with van der Waals surface area (Å²) in [7, 11) is 0. The third kappa shape index (κ3) is 5.09. The molecule has 0 fully saturated rings. The van der Waals surface area contributed by atoms with Gasteiger partial charge in [0.1, 0.15) is 4.75 Å². The Morgan fingerprint density at radius 3 is 2.50 bits per heavy atom. The van der Waals surface area contributed by atoms with Gasteiger partial charge in [0.2, 0.25) is 0 Å². The predicted octanol–water partition coefficient (Wildman–Crippen LogP) is 4.18. The summed E-state index contributed by atoms with van der Waals surface area (Å²) in [6.45, 7) is 5.90. The number of aromatic nitrogens is 1. The average Bonchev–Trinajstić information content (AvgIpc) is 2.46. The van der Waals surface area contributed by atoms with E-state index in [-0.39, 0.29) is 10.8 Å². The van der Waals surface area contributed by atoms with Crippen molar-refractivity contribution in [2.75, 3.05) is 0 Å². The molecule has 0 aliphatic carbocycles. The molecule has 3 nitrogen and oxygen atoms in total. The highest BCUT2D eigenvalue weighted by Crippen LogP contribution is 2.24. The molecular formula is C17H21BrN2OS. The Morgan fingerprint density at radius 1 is 1.23 bits per heavy atom. The number of halogens is 1. The van der Waals surface area contributed by atoms with Crippen LogP contribution < -0.4 is 4.72 Å². The minimum Gasteiger partial charge on any atom is -0.598 e. The highest BCUT2D eigenvalue weighted by Gasteiger charge is 2.30. The highest BCUT2D eigenvalue weighted by molar-refractivity contribution is 9.10. The van der Waals surface area contributed by atoms with Crippen LogP contribution in [0.1, 0.15) is 37.9 Å². The molecule has 0 saturated heterocycles. The van der Waals surface area contributed by atoms with Crippen LogP contribution in [0.4, 0.5) is 0 Å². The van der Waals surface area contributed by atoms with E-state index in [4.69, 9.17) is 0 Å². The van der Waals surface area contributed by atoms with Gasteiger partial charge in [-0.05, 0) is 60.3 Å². The second kappa shape index (κ2) is 7.59. The summed E-state index contributed by atoms with van der Waals surface area (Å²) in [6, 6.07) is 12.2. The lowest BCUT2D eigenvalue weighted by Gasteiger charge is -2.28. The zero-order chi connectivity index (χ0) is 16.2. The third-order valence-corrected chi connectivity index (χ3v) is 5.26. The van der Waals surface area contributed by atoms with Crippen LogP contribution in [0.2, 0.25) is 0 Å². The molecule has 0 aliphatic heterocycles. The lowest BCUT2D eigenvalue weighted by atomic mass is 10.0. The van der Waals surface area contributed by atoms with Crippen molar-refractivity contribution in [2.24, 2.45) is 0 Å². The largest absolute Gasteiger partial charge is 0.598 e. The van der Waals surface area contributed by atoms with Crippen molar-refractivity contribution in [1.82, 2.24) is 9.71 Å². The first kappa shape index (κ1) is 17.5. The molecule has 1 unspecified atom stereocenters. The van der Waals surface area contributed by atoms with Crippen LogP contribution in [0.3, 0.4) is 0 Å². The van der Waals surface area contributed by atoms with Crippen LogP contribution in [0.25, 0.3) is 0 Å². The number of hydrogen-bond donors (Lipinski definition) is 1. The molecule has 0 saturated carbocycles. The molecule has 0 amide bonds. The van der Waals surface area contributed by atoms with Crippen LogP contribution >= 0.6 is 15.9 Å². The molecule has 1 heterocycles. The van der Waals surface area contributed by atoms with Crippen molar-refractivity contribution >= 4 is 27.3 Å². The van der Waals surface area contributed by atoms with Gasteiger partial charge in [-0.1, -0.05) is 30.3 Å². The van der Waals surface area contributed by atoms with E-state index in [0.717, 1.165) is 16.5 Å². The first-order valence-electron chi connectivity index (χ1n) is 7.18. The summed E-state index contributed by atoms with van der Waals surface area (Å²) in [6.07, 6.45) is 4.34. The monoisotopic (exact) mass is 380 g/mol. The van der Waals surface area contributed by atoms with Crippen LogP contribution in [0.15, 0.2) is 53.3 Å². The van der Waals surface area contributed by atoms with E-state index in [1.165, 1.54) is 5.56 Å². The van der Waals surface area contributed by atoms with E-state index in [2.05, 4.69) is 37.8 Å². The fourth-order valence-electron chi connectivity index (χ4n) is 2.00. The normalized spacial score (nSPS) is 14.6. The van der Waals surface area contributed by atoms with Gasteiger partial charge < -0.3 is 4.55 Å². The summed E-state index contributed by atoms with van der Waals surface area (Å²) >= 11 is 2.31. The quantitative estimate of drug-likeness (QED) is 0.791. The molecule has 0 bridgehead atoms. The number of benzene rings is 1. The van der Waals surface area contributed by atoms with E-state index in [1.54, 1.807) is 6.20 Å². The number of nitrogens with zero attached hydrogens (tertiary/aromatic N) is 1. The van der Waals surface area contributed by atoms with Gasteiger partial charge in [-0.3, -0.25) is 4.98 Å². The molecule has 0 aliphatic rings. The molecule has 1 aromatic carbocycles. The van der Waals surface area contributed by atoms with Crippen LogP contribution in [-0.4, -0.2) is 14.3 Å². The van der Waals surface area contributed by atoms with Gasteiger partial charge in [0.15, 0.2) is 0 Å². The smallest absolute Gasteiger partial charge is 0.136 e. The van der Waals surface area contributed by atoms with Gasteiger partial charge >= 0.3 is 0 Å². The van der Waals surface area contributed by atoms with Crippen molar-refractivity contribution in [3.8, 4) is 0 Å². The molecule has 2 rings (SSSR count). The minimum absolute atomic E-state index is 0.0486. The molecule has 2 aromatic rings. The van der Waals surface area contributed by atoms with Gasteiger partial charge in [0.05, 0.1) is 6.04 Å². The predicted molar refractivity (Wildman–Crippen MR) is 95.9 cm³/mol. The fraction of sp³-hybridized carbons (Fsp3) is 0.353. The summed E-state index contributed by atoms with van der Waals surface area (Å²) in [5.74, 6) is 0. The van der Waals surface area contributed by atoms with Crippen LogP contribution in [-0.2, 0) is 17.8 Å². The van der Waals surface area contributed by atoms with E-state index >= 15 is 0 Å².